The van der Waals surface area contributed by atoms with E-state index in [0.717, 1.165) is 7.11 Å². The second-order valence-corrected chi connectivity index (χ2v) is 10.8. The first-order chi connectivity index (χ1) is 15.4. The highest BCUT2D eigenvalue weighted by Crippen LogP contribution is 2.23. The molecule has 2 N–H and O–H groups in total. The second-order valence-electron chi connectivity index (χ2n) is 9.16. The average Bonchev–Trinajstić information content (AvgIpc) is 2.63. The Morgan fingerprint density at radius 1 is 0.971 bits per heavy atom. The van der Waals surface area contributed by atoms with Crippen molar-refractivity contribution >= 4 is 33.9 Å². The molecule has 0 atom stereocenters. The fourth-order valence-corrected chi connectivity index (χ4v) is 3.18. The predicted molar refractivity (Wildman–Crippen MR) is 123 cm³/mol. The molecular weight excluding hydrogens is 470 g/mol. The minimum absolute atomic E-state index is 0.281. The number of benzene rings is 1. The van der Waals surface area contributed by atoms with Crippen LogP contribution in [0.4, 0.5) is 10.5 Å². The van der Waals surface area contributed by atoms with Crippen molar-refractivity contribution in [2.45, 2.75) is 59.7 Å². The Labute approximate surface area is 200 Å². The molecule has 1 aromatic rings. The van der Waals surface area contributed by atoms with E-state index in [1.807, 2.05) is 0 Å². The van der Waals surface area contributed by atoms with Crippen LogP contribution in [-0.2, 0) is 34.0 Å². The molecule has 0 radical (unpaired) electrons. The van der Waals surface area contributed by atoms with Gasteiger partial charge in [0.05, 0.1) is 12.8 Å². The van der Waals surface area contributed by atoms with Gasteiger partial charge in [-0.2, -0.15) is 8.42 Å². The Bertz CT molecular complexity index is 996. The first-order valence-electron chi connectivity index (χ1n) is 10.2. The first-order valence-corrected chi connectivity index (χ1v) is 11.7. The van der Waals surface area contributed by atoms with Gasteiger partial charge in [0, 0.05) is 0 Å². The summed E-state index contributed by atoms with van der Waals surface area (Å²) in [6, 6.07) is 4.52. The van der Waals surface area contributed by atoms with Crippen LogP contribution in [-0.4, -0.2) is 62.3 Å². The minimum Gasteiger partial charge on any atom is -0.482 e. The lowest BCUT2D eigenvalue weighted by Gasteiger charge is -2.25. The van der Waals surface area contributed by atoms with Crippen molar-refractivity contribution in [1.82, 2.24) is 9.14 Å². The zero-order chi connectivity index (χ0) is 26.3. The summed E-state index contributed by atoms with van der Waals surface area (Å²) in [5.74, 6) is -1.09. The molecule has 0 saturated carbocycles. The number of aryl methyl sites for hydroxylation is 1. The van der Waals surface area contributed by atoms with E-state index in [9.17, 15) is 22.8 Å². The fourth-order valence-electron chi connectivity index (χ4n) is 2.32. The molecule has 0 spiro atoms. The summed E-state index contributed by atoms with van der Waals surface area (Å²) < 4.78 is 47.8. The van der Waals surface area contributed by atoms with Gasteiger partial charge in [-0.3, -0.25) is 4.79 Å². The van der Waals surface area contributed by atoms with Crippen molar-refractivity contribution in [3.05, 3.63) is 23.8 Å². The Morgan fingerprint density at radius 2 is 1.56 bits per heavy atom. The first kappa shape index (κ1) is 29.0. The van der Waals surface area contributed by atoms with E-state index in [0.29, 0.717) is 15.7 Å². The summed E-state index contributed by atoms with van der Waals surface area (Å²) in [7, 11) is -3.46. The van der Waals surface area contributed by atoms with Gasteiger partial charge < -0.3 is 24.4 Å². The van der Waals surface area contributed by atoms with E-state index in [4.69, 9.17) is 14.2 Å². The van der Waals surface area contributed by atoms with Crippen LogP contribution in [0.3, 0.4) is 0 Å². The zero-order valence-corrected chi connectivity index (χ0v) is 21.5. The number of hydrogen-bond donors (Lipinski definition) is 2. The van der Waals surface area contributed by atoms with Crippen molar-refractivity contribution in [1.29, 1.82) is 0 Å². The Balaban J connectivity index is 3.00. The van der Waals surface area contributed by atoms with Gasteiger partial charge >= 0.3 is 28.2 Å². The van der Waals surface area contributed by atoms with E-state index in [-0.39, 0.29) is 12.3 Å². The number of nitrogens with zero attached hydrogens (tertiary/aromatic N) is 1. The number of carbonyl (C=O) groups excluding carboxylic acids is 3. The third-order valence-corrected chi connectivity index (χ3v) is 4.85. The second kappa shape index (κ2) is 11.4. The maximum Gasteiger partial charge on any atom is 0.422 e. The van der Waals surface area contributed by atoms with Crippen LogP contribution in [0.1, 0.15) is 47.1 Å². The Morgan fingerprint density at radius 3 is 2.06 bits per heavy atom. The van der Waals surface area contributed by atoms with Gasteiger partial charge in [-0.05, 0) is 72.2 Å². The van der Waals surface area contributed by atoms with Crippen molar-refractivity contribution < 1.29 is 41.7 Å². The lowest BCUT2D eigenvalue weighted by molar-refractivity contribution is -0.157. The topological polar surface area (TPSA) is 150 Å². The van der Waals surface area contributed by atoms with E-state index in [1.54, 1.807) is 59.3 Å². The monoisotopic (exact) mass is 503 g/mol. The van der Waals surface area contributed by atoms with Gasteiger partial charge in [0.2, 0.25) is 0 Å². The number of esters is 2. The summed E-state index contributed by atoms with van der Waals surface area (Å²) in [6.45, 7) is 10.5. The summed E-state index contributed by atoms with van der Waals surface area (Å²) in [5.41, 5.74) is 1.78. The Kier molecular flexibility index (Phi) is 9.70. The molecule has 0 unspecified atom stereocenters. The molecule has 192 valence electrons. The molecule has 0 fully saturated rings. The summed E-state index contributed by atoms with van der Waals surface area (Å²) in [5, 5.41) is 0. The van der Waals surface area contributed by atoms with Gasteiger partial charge in [-0.15, -0.1) is 0 Å². The molecule has 0 aliphatic rings. The Hall–Kier alpha value is -3.06. The van der Waals surface area contributed by atoms with Gasteiger partial charge in [-0.25, -0.2) is 14.3 Å². The number of methoxy groups -OCH3 is 1. The lowest BCUT2D eigenvalue weighted by Crippen LogP contribution is -2.49. The van der Waals surface area contributed by atoms with Crippen LogP contribution in [0, 0.1) is 6.92 Å². The van der Waals surface area contributed by atoms with Crippen molar-refractivity contribution in [2.24, 2.45) is 0 Å². The highest BCUT2D eigenvalue weighted by Gasteiger charge is 2.30. The quantitative estimate of drug-likeness (QED) is 0.292. The molecule has 1 rings (SSSR count). The fraction of sp³-hybridized carbons (Fsp3) is 0.571. The number of carbonyl (C=O) groups is 3. The van der Waals surface area contributed by atoms with E-state index in [2.05, 4.69) is 10.2 Å². The maximum atomic E-state index is 12.7. The van der Waals surface area contributed by atoms with E-state index in [1.165, 1.54) is 12.1 Å². The molecule has 0 aliphatic carbocycles. The number of amides is 1. The molecule has 13 heteroatoms. The van der Waals surface area contributed by atoms with Crippen LogP contribution in [0.15, 0.2) is 18.2 Å². The van der Waals surface area contributed by atoms with Gasteiger partial charge in [-0.1, -0.05) is 4.41 Å². The van der Waals surface area contributed by atoms with Gasteiger partial charge in [0.1, 0.15) is 23.5 Å². The van der Waals surface area contributed by atoms with Crippen LogP contribution in [0.5, 0.6) is 5.75 Å². The largest absolute Gasteiger partial charge is 0.482 e. The van der Waals surface area contributed by atoms with Gasteiger partial charge in [0.25, 0.3) is 0 Å². The van der Waals surface area contributed by atoms with Crippen LogP contribution in [0.25, 0.3) is 0 Å². The highest BCUT2D eigenvalue weighted by atomic mass is 32.2. The number of anilines is 1. The van der Waals surface area contributed by atoms with Crippen LogP contribution < -0.4 is 14.9 Å². The maximum absolute atomic E-state index is 12.7. The normalized spacial score (nSPS) is 12.0. The van der Waals surface area contributed by atoms with E-state index < -0.39 is 46.0 Å². The molecule has 0 saturated heterocycles. The number of ether oxygens (including phenoxy) is 4. The molecule has 1 aromatic carbocycles. The number of hydrogen-bond acceptors (Lipinski definition) is 10. The third-order valence-electron chi connectivity index (χ3n) is 3.62. The highest BCUT2D eigenvalue weighted by molar-refractivity contribution is 7.87. The summed E-state index contributed by atoms with van der Waals surface area (Å²) in [6.07, 6.45) is -1.22. The molecular formula is C21H33N3O9S. The van der Waals surface area contributed by atoms with E-state index >= 15 is 0 Å². The molecule has 0 heterocycles. The molecule has 12 nitrogen and oxygen atoms in total. The zero-order valence-electron chi connectivity index (χ0n) is 20.7. The number of hydrazine groups is 1. The standard InChI is InChI=1S/C21H33N3O9S/c1-14-11-15(31-13-18(26)32-20(2,3)4)9-10-16(14)22-24(12-17(25)30-8)34(28,29)23-19(27)33-21(5,6)7/h9-11,22H,12-13H2,1-8H3,(H,23,27). The molecule has 1 amide bonds. The SMILES string of the molecule is COC(=O)CN(Nc1ccc(OCC(=O)OC(C)(C)C)cc1C)S(=O)(=O)NC(=O)OC(C)(C)C. The minimum atomic E-state index is -4.56. The molecule has 0 aliphatic heterocycles. The van der Waals surface area contributed by atoms with Crippen molar-refractivity contribution in [3.8, 4) is 5.75 Å². The molecule has 34 heavy (non-hydrogen) atoms. The van der Waals surface area contributed by atoms with Crippen LogP contribution in [0.2, 0.25) is 0 Å². The van der Waals surface area contributed by atoms with Gasteiger partial charge in [0.15, 0.2) is 6.61 Å². The van der Waals surface area contributed by atoms with Crippen LogP contribution >= 0.6 is 0 Å². The third kappa shape index (κ3) is 10.7. The summed E-state index contributed by atoms with van der Waals surface area (Å²) >= 11 is 0. The molecule has 0 bridgehead atoms. The lowest BCUT2D eigenvalue weighted by atomic mass is 10.2. The van der Waals surface area contributed by atoms with Crippen molar-refractivity contribution in [3.63, 3.8) is 0 Å². The van der Waals surface area contributed by atoms with Crippen molar-refractivity contribution in [2.75, 3.05) is 25.7 Å². The smallest absolute Gasteiger partial charge is 0.422 e. The predicted octanol–water partition coefficient (Wildman–Crippen LogP) is 2.29. The average molecular weight is 504 g/mol. The molecule has 0 aromatic heterocycles. The number of rotatable bonds is 9. The summed E-state index contributed by atoms with van der Waals surface area (Å²) in [4.78, 5) is 35.6. The number of nitrogens with one attached hydrogen (secondary N) is 2.